The van der Waals surface area contributed by atoms with E-state index >= 15 is 0 Å². The van der Waals surface area contributed by atoms with Gasteiger partial charge < -0.3 is 20.1 Å². The molecule has 2 aliphatic rings. The molecule has 0 fully saturated rings. The van der Waals surface area contributed by atoms with E-state index in [1.165, 1.54) is 13.2 Å². The van der Waals surface area contributed by atoms with Crippen molar-refractivity contribution < 1.29 is 19.2 Å². The standard InChI is InChI=1S/C17H19N3O5S/c1-3-25-13-8-9(7-11(20(22)23)16(13)24-2)15-14-10(18-17(26)19-15)5-4-6-12(14)21/h7-8,15H,3-6H2,1-2H3,(H2,18,19,26). The first-order valence-corrected chi connectivity index (χ1v) is 8.70. The summed E-state index contributed by atoms with van der Waals surface area (Å²) < 4.78 is 10.7. The molecule has 0 radical (unpaired) electrons. The highest BCUT2D eigenvalue weighted by Gasteiger charge is 2.35. The highest BCUT2D eigenvalue weighted by Crippen LogP contribution is 2.42. The number of hydrogen-bond donors (Lipinski definition) is 2. The van der Waals surface area contributed by atoms with E-state index in [2.05, 4.69) is 10.6 Å². The maximum Gasteiger partial charge on any atom is 0.315 e. The smallest absolute Gasteiger partial charge is 0.315 e. The number of ketones is 1. The maximum absolute atomic E-state index is 12.5. The topological polar surface area (TPSA) is 103 Å². The van der Waals surface area contributed by atoms with Crippen LogP contribution in [0.3, 0.4) is 0 Å². The first kappa shape index (κ1) is 18.1. The van der Waals surface area contributed by atoms with E-state index in [1.807, 2.05) is 0 Å². The van der Waals surface area contributed by atoms with Crippen molar-refractivity contribution >= 4 is 28.8 Å². The van der Waals surface area contributed by atoms with Gasteiger partial charge in [-0.15, -0.1) is 0 Å². The van der Waals surface area contributed by atoms with Crippen LogP contribution < -0.4 is 20.1 Å². The van der Waals surface area contributed by atoms with Crippen LogP contribution in [0.5, 0.6) is 11.5 Å². The lowest BCUT2D eigenvalue weighted by molar-refractivity contribution is -0.385. The predicted molar refractivity (Wildman–Crippen MR) is 98.3 cm³/mol. The Hall–Kier alpha value is -2.68. The van der Waals surface area contributed by atoms with Crippen molar-refractivity contribution in [2.24, 2.45) is 0 Å². The number of nitrogens with zero attached hydrogens (tertiary/aromatic N) is 1. The van der Waals surface area contributed by atoms with E-state index < -0.39 is 11.0 Å². The van der Waals surface area contributed by atoms with Gasteiger partial charge in [-0.1, -0.05) is 0 Å². The third-order valence-electron chi connectivity index (χ3n) is 4.38. The molecule has 3 rings (SSSR count). The van der Waals surface area contributed by atoms with Crippen LogP contribution in [0, 0.1) is 10.1 Å². The van der Waals surface area contributed by atoms with Crippen molar-refractivity contribution in [2.45, 2.75) is 32.2 Å². The first-order chi connectivity index (χ1) is 12.5. The number of nitro groups is 1. The van der Waals surface area contributed by atoms with Gasteiger partial charge in [0.1, 0.15) is 0 Å². The van der Waals surface area contributed by atoms with Crippen LogP contribution >= 0.6 is 12.2 Å². The SMILES string of the molecule is CCOc1cc(C2NC(=S)NC3=C2C(=O)CCC3)cc([N+](=O)[O-])c1OC. The lowest BCUT2D eigenvalue weighted by atomic mass is 9.85. The molecule has 26 heavy (non-hydrogen) atoms. The molecule has 0 saturated heterocycles. The molecule has 8 nitrogen and oxygen atoms in total. The van der Waals surface area contributed by atoms with Crippen LogP contribution in [-0.2, 0) is 4.79 Å². The van der Waals surface area contributed by atoms with Crippen LogP contribution in [0.4, 0.5) is 5.69 Å². The third kappa shape index (κ3) is 3.22. The van der Waals surface area contributed by atoms with Gasteiger partial charge in [-0.2, -0.15) is 0 Å². The zero-order valence-electron chi connectivity index (χ0n) is 14.5. The minimum absolute atomic E-state index is 0.00943. The lowest BCUT2D eigenvalue weighted by Gasteiger charge is -2.33. The number of nitrogens with one attached hydrogen (secondary N) is 2. The maximum atomic E-state index is 12.5. The van der Waals surface area contributed by atoms with Crippen molar-refractivity contribution in [3.05, 3.63) is 39.1 Å². The quantitative estimate of drug-likeness (QED) is 0.458. The molecule has 1 aromatic carbocycles. The zero-order valence-corrected chi connectivity index (χ0v) is 15.3. The normalized spacial score (nSPS) is 19.4. The van der Waals surface area contributed by atoms with Crippen LogP contribution in [0.1, 0.15) is 37.8 Å². The van der Waals surface area contributed by atoms with E-state index in [0.29, 0.717) is 29.3 Å². The van der Waals surface area contributed by atoms with Crippen molar-refractivity contribution in [3.63, 3.8) is 0 Å². The summed E-state index contributed by atoms with van der Waals surface area (Å²) in [5.41, 5.74) is 1.68. The van der Waals surface area contributed by atoms with E-state index in [4.69, 9.17) is 21.7 Å². The molecule has 1 heterocycles. The van der Waals surface area contributed by atoms with Gasteiger partial charge in [0, 0.05) is 23.8 Å². The number of Topliss-reactive ketones (excluding diaryl/α,β-unsaturated/α-hetero) is 1. The summed E-state index contributed by atoms with van der Waals surface area (Å²) >= 11 is 5.25. The molecule has 2 N–H and O–H groups in total. The fraction of sp³-hybridized carbons (Fsp3) is 0.412. The molecule has 0 saturated carbocycles. The number of thiocarbonyl (C=S) groups is 1. The molecular weight excluding hydrogens is 358 g/mol. The summed E-state index contributed by atoms with van der Waals surface area (Å²) in [6.07, 6.45) is 1.92. The third-order valence-corrected chi connectivity index (χ3v) is 4.60. The minimum Gasteiger partial charge on any atom is -0.490 e. The average Bonchev–Trinajstić information content (AvgIpc) is 2.60. The minimum atomic E-state index is -0.560. The van der Waals surface area contributed by atoms with Gasteiger partial charge in [0.05, 0.1) is 24.7 Å². The second-order valence-electron chi connectivity index (χ2n) is 5.96. The summed E-state index contributed by atoms with van der Waals surface area (Å²) in [6.45, 7) is 2.10. The van der Waals surface area contributed by atoms with Crippen LogP contribution in [-0.4, -0.2) is 29.5 Å². The fourth-order valence-electron chi connectivity index (χ4n) is 3.33. The van der Waals surface area contributed by atoms with Gasteiger partial charge in [-0.05, 0) is 43.6 Å². The molecule has 0 aromatic heterocycles. The average molecular weight is 377 g/mol. The number of methoxy groups -OCH3 is 1. The van der Waals surface area contributed by atoms with Crippen molar-refractivity contribution in [1.29, 1.82) is 0 Å². The lowest BCUT2D eigenvalue weighted by Crippen LogP contribution is -2.46. The Labute approximate surface area is 155 Å². The first-order valence-electron chi connectivity index (χ1n) is 8.29. The molecule has 0 spiro atoms. The Morgan fingerprint density at radius 1 is 1.38 bits per heavy atom. The molecule has 1 aliphatic carbocycles. The second-order valence-corrected chi connectivity index (χ2v) is 6.37. The Kier molecular flexibility index (Phi) is 5.08. The molecule has 0 bridgehead atoms. The zero-order chi connectivity index (χ0) is 18.8. The van der Waals surface area contributed by atoms with E-state index in [1.54, 1.807) is 13.0 Å². The number of ether oxygens (including phenoxy) is 2. The van der Waals surface area contributed by atoms with Crippen LogP contribution in [0.25, 0.3) is 0 Å². The summed E-state index contributed by atoms with van der Waals surface area (Å²) in [7, 11) is 1.35. The Balaban J connectivity index is 2.17. The van der Waals surface area contributed by atoms with Crippen molar-refractivity contribution in [3.8, 4) is 11.5 Å². The molecule has 138 valence electrons. The number of carbonyl (C=O) groups excluding carboxylic acids is 1. The largest absolute Gasteiger partial charge is 0.490 e. The number of allylic oxidation sites excluding steroid dienone is 1. The highest BCUT2D eigenvalue weighted by atomic mass is 32.1. The number of carbonyl (C=O) groups is 1. The van der Waals surface area contributed by atoms with Gasteiger partial charge in [0.15, 0.2) is 16.6 Å². The van der Waals surface area contributed by atoms with E-state index in [-0.39, 0.29) is 23.0 Å². The predicted octanol–water partition coefficient (Wildman–Crippen LogP) is 2.53. The van der Waals surface area contributed by atoms with E-state index in [0.717, 1.165) is 18.5 Å². The molecular formula is C17H19N3O5S. The monoisotopic (exact) mass is 377 g/mol. The Morgan fingerprint density at radius 3 is 2.81 bits per heavy atom. The number of benzene rings is 1. The number of hydrogen-bond acceptors (Lipinski definition) is 6. The molecule has 1 atom stereocenters. The fourth-order valence-corrected chi connectivity index (χ4v) is 3.57. The van der Waals surface area contributed by atoms with Crippen molar-refractivity contribution in [2.75, 3.05) is 13.7 Å². The van der Waals surface area contributed by atoms with E-state index in [9.17, 15) is 14.9 Å². The molecule has 9 heteroatoms. The summed E-state index contributed by atoms with van der Waals surface area (Å²) in [5.74, 6) is 0.326. The second kappa shape index (κ2) is 7.28. The van der Waals surface area contributed by atoms with Gasteiger partial charge in [-0.3, -0.25) is 14.9 Å². The molecule has 1 unspecified atom stereocenters. The Morgan fingerprint density at radius 2 is 2.15 bits per heavy atom. The van der Waals surface area contributed by atoms with Crippen molar-refractivity contribution in [1.82, 2.24) is 10.6 Å². The summed E-state index contributed by atoms with van der Waals surface area (Å²) in [5, 5.41) is 18.0. The summed E-state index contributed by atoms with van der Waals surface area (Å²) in [4.78, 5) is 23.5. The van der Waals surface area contributed by atoms with Gasteiger partial charge in [-0.25, -0.2) is 0 Å². The molecule has 1 aromatic rings. The van der Waals surface area contributed by atoms with Crippen LogP contribution in [0.2, 0.25) is 0 Å². The summed E-state index contributed by atoms with van der Waals surface area (Å²) in [6, 6.07) is 2.50. The van der Waals surface area contributed by atoms with Gasteiger partial charge in [0.2, 0.25) is 5.75 Å². The Bertz CT molecular complexity index is 821. The number of nitro benzene ring substituents is 1. The molecule has 0 amide bonds. The van der Waals surface area contributed by atoms with Gasteiger partial charge in [0.25, 0.3) is 0 Å². The number of rotatable bonds is 5. The highest BCUT2D eigenvalue weighted by molar-refractivity contribution is 7.80. The molecule has 1 aliphatic heterocycles. The van der Waals surface area contributed by atoms with Crippen LogP contribution in [0.15, 0.2) is 23.4 Å². The van der Waals surface area contributed by atoms with Gasteiger partial charge >= 0.3 is 5.69 Å².